The van der Waals surface area contributed by atoms with Crippen molar-refractivity contribution in [1.29, 1.82) is 0 Å². The first kappa shape index (κ1) is 16.4. The molecule has 1 rings (SSSR count). The van der Waals surface area contributed by atoms with Crippen LogP contribution >= 0.6 is 0 Å². The predicted molar refractivity (Wildman–Crippen MR) is 50.1 cm³/mol. The van der Waals surface area contributed by atoms with E-state index < -0.39 is 13.4 Å². The maximum Gasteiger partial charge on any atom is 1.00 e. The Morgan fingerprint density at radius 1 is 1.27 bits per heavy atom. The largest absolute Gasteiger partial charge is 1.00 e. The van der Waals surface area contributed by atoms with E-state index in [2.05, 4.69) is 0 Å². The molecule has 0 radical (unpaired) electrons. The molecule has 1 heterocycles. The van der Waals surface area contributed by atoms with Crippen LogP contribution in [0.1, 0.15) is 20.3 Å². The van der Waals surface area contributed by atoms with Crippen LogP contribution in [-0.2, 0) is 4.74 Å². The maximum absolute atomic E-state index is 12.2. The van der Waals surface area contributed by atoms with Crippen LogP contribution in [0.3, 0.4) is 0 Å². The van der Waals surface area contributed by atoms with Crippen LogP contribution in [0, 0.1) is 0 Å². The molecule has 0 bridgehead atoms. The summed E-state index contributed by atoms with van der Waals surface area (Å²) in [5, 5.41) is 0. The molecule has 1 aliphatic heterocycles. The summed E-state index contributed by atoms with van der Waals surface area (Å²) in [7, 11) is 0. The van der Waals surface area contributed by atoms with Crippen LogP contribution in [0.25, 0.3) is 0 Å². The first-order valence-corrected chi connectivity index (χ1v) is 4.95. The van der Waals surface area contributed by atoms with Gasteiger partial charge in [-0.05, 0) is 33.3 Å². The fraction of sp³-hybridized carbons (Fsp3) is 1.00. The Kier molecular flexibility index (Phi) is 7.64. The zero-order valence-electron chi connectivity index (χ0n) is 9.55. The van der Waals surface area contributed by atoms with Gasteiger partial charge >= 0.3 is 58.4 Å². The fourth-order valence-electron chi connectivity index (χ4n) is 1.79. The van der Waals surface area contributed by atoms with E-state index in [0.717, 1.165) is 0 Å². The minimum Gasteiger partial charge on any atom is -0.448 e. The first-order chi connectivity index (χ1) is 6.37. The van der Waals surface area contributed by atoms with Crippen LogP contribution in [0.15, 0.2) is 0 Å². The van der Waals surface area contributed by atoms with Crippen molar-refractivity contribution >= 4 is 6.98 Å². The van der Waals surface area contributed by atoms with Crippen LogP contribution < -0.4 is 51.4 Å². The monoisotopic (exact) mass is 249 g/mol. The molecular formula is C8H16BF3KNO. The third-order valence-corrected chi connectivity index (χ3v) is 2.30. The zero-order chi connectivity index (χ0) is 10.8. The second kappa shape index (κ2) is 6.98. The molecular weight excluding hydrogens is 233 g/mol. The van der Waals surface area contributed by atoms with E-state index >= 15 is 0 Å². The van der Waals surface area contributed by atoms with Crippen LogP contribution in [0.4, 0.5) is 12.9 Å². The fourth-order valence-corrected chi connectivity index (χ4v) is 1.79. The second-order valence-corrected chi connectivity index (χ2v) is 4.02. The molecule has 2 atom stereocenters. The molecule has 2 nitrogen and oxygen atoms in total. The van der Waals surface area contributed by atoms with Crippen molar-refractivity contribution in [2.75, 3.05) is 19.5 Å². The zero-order valence-corrected chi connectivity index (χ0v) is 12.7. The van der Waals surface area contributed by atoms with Crippen molar-refractivity contribution in [3.8, 4) is 0 Å². The normalized spacial score (nSPS) is 29.4. The molecule has 0 aliphatic carbocycles. The van der Waals surface area contributed by atoms with Gasteiger partial charge < -0.3 is 22.6 Å². The van der Waals surface area contributed by atoms with E-state index in [1.54, 1.807) is 0 Å². The molecule has 2 unspecified atom stereocenters. The van der Waals surface area contributed by atoms with E-state index in [4.69, 9.17) is 4.74 Å². The molecule has 0 aromatic carbocycles. The van der Waals surface area contributed by atoms with E-state index in [1.165, 1.54) is 4.90 Å². The second-order valence-electron chi connectivity index (χ2n) is 4.02. The van der Waals surface area contributed by atoms with Gasteiger partial charge in [0.1, 0.15) is 0 Å². The number of rotatable bonds is 2. The average molecular weight is 249 g/mol. The Balaban J connectivity index is 0.00000196. The van der Waals surface area contributed by atoms with Gasteiger partial charge in [0, 0.05) is 6.54 Å². The van der Waals surface area contributed by atoms with E-state index in [-0.39, 0.29) is 63.6 Å². The van der Waals surface area contributed by atoms with Gasteiger partial charge in [0.05, 0.1) is 12.2 Å². The SMILES string of the molecule is CC1CCN(C[B-](F)(F)F)CC(C)O1.[K+]. The van der Waals surface area contributed by atoms with Crippen molar-refractivity contribution in [1.82, 2.24) is 4.90 Å². The molecule has 1 fully saturated rings. The molecule has 84 valence electrons. The molecule has 1 saturated heterocycles. The topological polar surface area (TPSA) is 12.5 Å². The van der Waals surface area contributed by atoms with Gasteiger partial charge in [-0.1, -0.05) is 0 Å². The molecule has 0 saturated carbocycles. The standard InChI is InChI=1S/C8H16BF3NO.K/c1-7-3-4-13(5-8(2)14-7)6-9(10,11)12;/h7-8H,3-6H2,1-2H3;/q-1;+1. The predicted octanol–water partition coefficient (Wildman–Crippen LogP) is -1.12. The Morgan fingerprint density at radius 3 is 2.40 bits per heavy atom. The van der Waals surface area contributed by atoms with Gasteiger partial charge in [-0.2, -0.15) is 0 Å². The summed E-state index contributed by atoms with van der Waals surface area (Å²) >= 11 is 0. The number of halogens is 3. The number of nitrogens with zero attached hydrogens (tertiary/aromatic N) is 1. The van der Waals surface area contributed by atoms with E-state index in [1.807, 2.05) is 13.8 Å². The van der Waals surface area contributed by atoms with Crippen LogP contribution in [0.5, 0.6) is 0 Å². The van der Waals surface area contributed by atoms with Gasteiger partial charge in [-0.15, -0.1) is 0 Å². The van der Waals surface area contributed by atoms with Crippen molar-refractivity contribution in [3.05, 3.63) is 0 Å². The number of hydrogen-bond acceptors (Lipinski definition) is 2. The Hall–Kier alpha value is 1.41. The first-order valence-electron chi connectivity index (χ1n) is 4.95. The van der Waals surface area contributed by atoms with Gasteiger partial charge in [0.25, 0.3) is 0 Å². The van der Waals surface area contributed by atoms with Gasteiger partial charge in [0.15, 0.2) is 0 Å². The van der Waals surface area contributed by atoms with E-state index in [0.29, 0.717) is 19.5 Å². The van der Waals surface area contributed by atoms with E-state index in [9.17, 15) is 12.9 Å². The summed E-state index contributed by atoms with van der Waals surface area (Å²) in [6.45, 7) is -0.130. The van der Waals surface area contributed by atoms with Gasteiger partial charge in [-0.25, -0.2) is 0 Å². The smallest absolute Gasteiger partial charge is 0.448 e. The molecule has 7 heteroatoms. The Bertz CT molecular complexity index is 193. The third-order valence-electron chi connectivity index (χ3n) is 2.30. The Labute approximate surface area is 131 Å². The molecule has 0 spiro atoms. The summed E-state index contributed by atoms with van der Waals surface area (Å²) in [6, 6.07) is 0. The molecule has 0 aromatic heterocycles. The van der Waals surface area contributed by atoms with Crippen molar-refractivity contribution < 1.29 is 69.1 Å². The van der Waals surface area contributed by atoms with Crippen molar-refractivity contribution in [3.63, 3.8) is 0 Å². The van der Waals surface area contributed by atoms with Gasteiger partial charge in [-0.3, -0.25) is 0 Å². The molecule has 1 aliphatic rings. The summed E-state index contributed by atoms with van der Waals surface area (Å²) in [5.41, 5.74) is 0. The average Bonchev–Trinajstić information content (AvgIpc) is 2.08. The van der Waals surface area contributed by atoms with Crippen LogP contribution in [0.2, 0.25) is 0 Å². The quantitative estimate of drug-likeness (QED) is 0.575. The summed E-state index contributed by atoms with van der Waals surface area (Å²) in [6.07, 6.45) is -0.127. The molecule has 15 heavy (non-hydrogen) atoms. The van der Waals surface area contributed by atoms with Crippen molar-refractivity contribution in [2.24, 2.45) is 0 Å². The number of hydrogen-bond donors (Lipinski definition) is 0. The van der Waals surface area contributed by atoms with Crippen LogP contribution in [-0.4, -0.2) is 43.6 Å². The van der Waals surface area contributed by atoms with Crippen molar-refractivity contribution in [2.45, 2.75) is 32.5 Å². The summed E-state index contributed by atoms with van der Waals surface area (Å²) in [4.78, 5) is 1.44. The third kappa shape index (κ3) is 7.36. The Morgan fingerprint density at radius 2 is 1.87 bits per heavy atom. The minimum absolute atomic E-state index is 0. The summed E-state index contributed by atoms with van der Waals surface area (Å²) < 4.78 is 42.0. The summed E-state index contributed by atoms with van der Waals surface area (Å²) in [5.74, 6) is 0. The molecule has 0 aromatic rings. The molecule has 0 amide bonds. The number of ether oxygens (including phenoxy) is 1. The minimum atomic E-state index is -4.71. The molecule has 0 N–H and O–H groups in total. The van der Waals surface area contributed by atoms with Gasteiger partial charge in [0.2, 0.25) is 0 Å². The maximum atomic E-state index is 12.2.